The van der Waals surface area contributed by atoms with Gasteiger partial charge in [0.25, 0.3) is 0 Å². The summed E-state index contributed by atoms with van der Waals surface area (Å²) < 4.78 is 0. The van der Waals surface area contributed by atoms with Crippen molar-refractivity contribution in [3.63, 3.8) is 0 Å². The molecule has 0 spiro atoms. The van der Waals surface area contributed by atoms with E-state index in [9.17, 15) is 14.7 Å². The van der Waals surface area contributed by atoms with Crippen molar-refractivity contribution in [1.29, 1.82) is 0 Å². The smallest absolute Gasteiger partial charge is 0.326 e. The third-order valence-electron chi connectivity index (χ3n) is 5.13. The predicted octanol–water partition coefficient (Wildman–Crippen LogP) is 5.30. The molecule has 0 saturated carbocycles. The number of hydrogen-bond acceptors (Lipinski definition) is 2. The average Bonchev–Trinajstić information content (AvgIpc) is 2.64. The standard InChI is InChI=1S/C21H21Cl2NO3/c1-2-18(21(26)27)24-19(25)11-10-17(14-4-3-5-16(23)12-14)20(24)13-6-8-15(22)9-7-13/h3-9,12,17-18,20H,2,10-11H2,1H3,(H,26,27)/t17-,18+,20?/m1/s1. The highest BCUT2D eigenvalue weighted by atomic mass is 35.5. The van der Waals surface area contributed by atoms with Gasteiger partial charge in [-0.25, -0.2) is 4.79 Å². The molecule has 3 atom stereocenters. The van der Waals surface area contributed by atoms with Gasteiger partial charge in [0, 0.05) is 22.4 Å². The van der Waals surface area contributed by atoms with Crippen molar-refractivity contribution in [3.05, 3.63) is 69.7 Å². The number of rotatable bonds is 5. The first-order chi connectivity index (χ1) is 12.9. The van der Waals surface area contributed by atoms with Crippen LogP contribution in [-0.2, 0) is 9.59 Å². The molecule has 1 amide bonds. The van der Waals surface area contributed by atoms with Gasteiger partial charge in [0.15, 0.2) is 0 Å². The summed E-state index contributed by atoms with van der Waals surface area (Å²) in [6.07, 6.45) is 1.29. The molecule has 142 valence electrons. The first-order valence-corrected chi connectivity index (χ1v) is 9.73. The summed E-state index contributed by atoms with van der Waals surface area (Å²) in [4.78, 5) is 26.2. The number of carbonyl (C=O) groups is 2. The lowest BCUT2D eigenvalue weighted by atomic mass is 9.79. The van der Waals surface area contributed by atoms with Gasteiger partial charge >= 0.3 is 5.97 Å². The molecular formula is C21H21Cl2NO3. The Balaban J connectivity index is 2.13. The Bertz CT molecular complexity index is 838. The monoisotopic (exact) mass is 405 g/mol. The van der Waals surface area contributed by atoms with Crippen LogP contribution >= 0.6 is 23.2 Å². The molecule has 2 aromatic rings. The van der Waals surface area contributed by atoms with Crippen molar-refractivity contribution in [2.45, 2.75) is 44.2 Å². The van der Waals surface area contributed by atoms with Crippen LogP contribution in [0, 0.1) is 0 Å². The fourth-order valence-electron chi connectivity index (χ4n) is 3.91. The number of carbonyl (C=O) groups excluding carboxylic acids is 1. The number of nitrogens with zero attached hydrogens (tertiary/aromatic N) is 1. The lowest BCUT2D eigenvalue weighted by Gasteiger charge is -2.44. The van der Waals surface area contributed by atoms with Crippen molar-refractivity contribution >= 4 is 35.1 Å². The minimum Gasteiger partial charge on any atom is -0.480 e. The van der Waals surface area contributed by atoms with Gasteiger partial charge in [-0.1, -0.05) is 54.4 Å². The molecule has 0 bridgehead atoms. The maximum atomic E-state index is 12.8. The van der Waals surface area contributed by atoms with E-state index in [-0.39, 0.29) is 17.9 Å². The van der Waals surface area contributed by atoms with E-state index in [0.717, 1.165) is 11.1 Å². The predicted molar refractivity (Wildman–Crippen MR) is 106 cm³/mol. The molecule has 1 saturated heterocycles. The lowest BCUT2D eigenvalue weighted by molar-refractivity contribution is -0.155. The third-order valence-corrected chi connectivity index (χ3v) is 5.62. The molecule has 1 aliphatic heterocycles. The summed E-state index contributed by atoms with van der Waals surface area (Å²) in [5.41, 5.74) is 1.87. The molecule has 1 unspecified atom stereocenters. The molecule has 0 aromatic heterocycles. The summed E-state index contributed by atoms with van der Waals surface area (Å²) in [6.45, 7) is 1.79. The summed E-state index contributed by atoms with van der Waals surface area (Å²) >= 11 is 12.2. The van der Waals surface area contributed by atoms with E-state index < -0.39 is 12.0 Å². The first-order valence-electron chi connectivity index (χ1n) is 8.97. The lowest BCUT2D eigenvalue weighted by Crippen LogP contribution is -2.50. The summed E-state index contributed by atoms with van der Waals surface area (Å²) in [5.74, 6) is -1.17. The topological polar surface area (TPSA) is 57.6 Å². The number of benzene rings is 2. The largest absolute Gasteiger partial charge is 0.480 e. The number of amides is 1. The van der Waals surface area contributed by atoms with E-state index in [1.807, 2.05) is 30.3 Å². The minimum absolute atomic E-state index is 0.0454. The SMILES string of the molecule is CC[C@@H](C(=O)O)N1C(=O)CC[C@H](c2cccc(Cl)c2)C1c1ccc(Cl)cc1. The summed E-state index contributed by atoms with van der Waals surface area (Å²) in [6, 6.07) is 13.6. The highest BCUT2D eigenvalue weighted by Crippen LogP contribution is 2.45. The molecule has 1 heterocycles. The van der Waals surface area contributed by atoms with E-state index in [1.165, 1.54) is 0 Å². The fraction of sp³-hybridized carbons (Fsp3) is 0.333. The molecule has 27 heavy (non-hydrogen) atoms. The van der Waals surface area contributed by atoms with Crippen molar-refractivity contribution in [1.82, 2.24) is 4.90 Å². The maximum Gasteiger partial charge on any atom is 0.326 e. The molecule has 1 fully saturated rings. The Morgan fingerprint density at radius 1 is 1.15 bits per heavy atom. The molecule has 3 rings (SSSR count). The summed E-state index contributed by atoms with van der Waals surface area (Å²) in [5, 5.41) is 10.9. The fourth-order valence-corrected chi connectivity index (χ4v) is 4.24. The number of likely N-dealkylation sites (tertiary alicyclic amines) is 1. The molecule has 0 radical (unpaired) electrons. The van der Waals surface area contributed by atoms with Crippen molar-refractivity contribution in [3.8, 4) is 0 Å². The van der Waals surface area contributed by atoms with Gasteiger partial charge in [-0.05, 0) is 48.2 Å². The van der Waals surface area contributed by atoms with E-state index in [4.69, 9.17) is 23.2 Å². The van der Waals surface area contributed by atoms with E-state index in [2.05, 4.69) is 0 Å². The highest BCUT2D eigenvalue weighted by Gasteiger charge is 2.42. The molecule has 1 N–H and O–H groups in total. The first kappa shape index (κ1) is 19.7. The second-order valence-electron chi connectivity index (χ2n) is 6.76. The number of halogens is 2. The van der Waals surface area contributed by atoms with Crippen LogP contribution in [0.25, 0.3) is 0 Å². The molecule has 6 heteroatoms. The minimum atomic E-state index is -0.989. The van der Waals surface area contributed by atoms with Gasteiger partial charge in [0.2, 0.25) is 5.91 Å². The van der Waals surface area contributed by atoms with Crippen LogP contribution in [-0.4, -0.2) is 27.9 Å². The van der Waals surface area contributed by atoms with Gasteiger partial charge in [-0.2, -0.15) is 0 Å². The second-order valence-corrected chi connectivity index (χ2v) is 7.63. The zero-order valence-corrected chi connectivity index (χ0v) is 16.5. The maximum absolute atomic E-state index is 12.8. The number of piperidine rings is 1. The van der Waals surface area contributed by atoms with Crippen LogP contribution in [0.4, 0.5) is 0 Å². The highest BCUT2D eigenvalue weighted by molar-refractivity contribution is 6.30. The Morgan fingerprint density at radius 3 is 2.44 bits per heavy atom. The van der Waals surface area contributed by atoms with Gasteiger partial charge < -0.3 is 10.0 Å². The van der Waals surface area contributed by atoms with Crippen LogP contribution in [0.5, 0.6) is 0 Å². The Morgan fingerprint density at radius 2 is 1.85 bits per heavy atom. The number of carboxylic acid groups (broad SMARTS) is 1. The Hall–Kier alpha value is -2.04. The average molecular weight is 406 g/mol. The molecule has 1 aliphatic rings. The summed E-state index contributed by atoms with van der Waals surface area (Å²) in [7, 11) is 0. The molecular weight excluding hydrogens is 385 g/mol. The quantitative estimate of drug-likeness (QED) is 0.733. The Kier molecular flexibility index (Phi) is 6.08. The van der Waals surface area contributed by atoms with E-state index in [0.29, 0.717) is 29.3 Å². The van der Waals surface area contributed by atoms with Crippen molar-refractivity contribution in [2.75, 3.05) is 0 Å². The third kappa shape index (κ3) is 4.12. The molecule has 2 aromatic carbocycles. The molecule has 0 aliphatic carbocycles. The van der Waals surface area contributed by atoms with Crippen molar-refractivity contribution < 1.29 is 14.7 Å². The van der Waals surface area contributed by atoms with Crippen molar-refractivity contribution in [2.24, 2.45) is 0 Å². The van der Waals surface area contributed by atoms with Crippen LogP contribution < -0.4 is 0 Å². The molecule has 4 nitrogen and oxygen atoms in total. The van der Waals surface area contributed by atoms with Crippen LogP contribution in [0.2, 0.25) is 10.0 Å². The zero-order valence-electron chi connectivity index (χ0n) is 14.9. The van der Waals surface area contributed by atoms with Gasteiger partial charge in [0.05, 0.1) is 6.04 Å². The number of carboxylic acids is 1. The Labute approximate surface area is 168 Å². The van der Waals surface area contributed by atoms with Crippen LogP contribution in [0.3, 0.4) is 0 Å². The zero-order chi connectivity index (χ0) is 19.6. The van der Waals surface area contributed by atoms with Crippen LogP contribution in [0.1, 0.15) is 49.3 Å². The normalized spacial score (nSPS) is 21.1. The van der Waals surface area contributed by atoms with Gasteiger partial charge in [-0.15, -0.1) is 0 Å². The second kappa shape index (κ2) is 8.32. The van der Waals surface area contributed by atoms with E-state index in [1.54, 1.807) is 30.0 Å². The van der Waals surface area contributed by atoms with E-state index >= 15 is 0 Å². The van der Waals surface area contributed by atoms with Crippen LogP contribution in [0.15, 0.2) is 48.5 Å². The number of hydrogen-bond donors (Lipinski definition) is 1. The van der Waals surface area contributed by atoms with Gasteiger partial charge in [-0.3, -0.25) is 4.79 Å². The van der Waals surface area contributed by atoms with Gasteiger partial charge in [0.1, 0.15) is 6.04 Å². The number of aliphatic carboxylic acids is 1.